The highest BCUT2D eigenvalue weighted by molar-refractivity contribution is 5.81. The summed E-state index contributed by atoms with van der Waals surface area (Å²) in [6.07, 6.45) is 2.45. The van der Waals surface area contributed by atoms with E-state index in [-0.39, 0.29) is 11.3 Å². The highest BCUT2D eigenvalue weighted by Gasteiger charge is 2.22. The van der Waals surface area contributed by atoms with Crippen LogP contribution >= 0.6 is 0 Å². The summed E-state index contributed by atoms with van der Waals surface area (Å²) in [6.45, 7) is 12.0. The maximum atomic E-state index is 11.7. The zero-order valence-electron chi connectivity index (χ0n) is 13.9. The summed E-state index contributed by atoms with van der Waals surface area (Å²) in [5, 5.41) is 5.91. The fourth-order valence-electron chi connectivity index (χ4n) is 2.41. The smallest absolute Gasteiger partial charge is 0.225 e. The maximum absolute atomic E-state index is 11.7. The number of carbonyl (C=O) groups excluding carboxylic acids is 1. The van der Waals surface area contributed by atoms with E-state index in [0.717, 1.165) is 13.1 Å². The van der Waals surface area contributed by atoms with Crippen LogP contribution in [0.3, 0.4) is 0 Å². The van der Waals surface area contributed by atoms with Crippen LogP contribution in [-0.2, 0) is 4.79 Å². The Morgan fingerprint density at radius 2 is 2.00 bits per heavy atom. The third kappa shape index (κ3) is 6.33. The minimum absolute atomic E-state index is 0.0457. The number of hydrogen-bond donors (Lipinski definition) is 3. The van der Waals surface area contributed by atoms with E-state index >= 15 is 0 Å². The van der Waals surface area contributed by atoms with Gasteiger partial charge in [-0.05, 0) is 25.9 Å². The minimum Gasteiger partial charge on any atom is -0.370 e. The number of likely N-dealkylation sites (tertiary alicyclic amines) is 1. The number of nitrogens with two attached hydrogens (primary N) is 1. The fraction of sp³-hybridized carbons (Fsp3) is 0.867. The first-order chi connectivity index (χ1) is 9.84. The summed E-state index contributed by atoms with van der Waals surface area (Å²) in [5.41, 5.74) is 5.49. The Labute approximate surface area is 128 Å². The Bertz CT molecular complexity index is 362. The molecule has 1 fully saturated rings. The van der Waals surface area contributed by atoms with Crippen LogP contribution in [-0.4, -0.2) is 55.5 Å². The second kappa shape index (κ2) is 8.22. The second-order valence-electron chi connectivity index (χ2n) is 6.58. The third-order valence-corrected chi connectivity index (χ3v) is 3.78. The van der Waals surface area contributed by atoms with Gasteiger partial charge in [0.15, 0.2) is 5.96 Å². The maximum Gasteiger partial charge on any atom is 0.225 e. The third-order valence-electron chi connectivity index (χ3n) is 3.78. The largest absolute Gasteiger partial charge is 0.370 e. The summed E-state index contributed by atoms with van der Waals surface area (Å²) < 4.78 is 0. The van der Waals surface area contributed by atoms with Gasteiger partial charge in [-0.1, -0.05) is 27.7 Å². The molecule has 0 saturated carbocycles. The summed E-state index contributed by atoms with van der Waals surface area (Å²) in [7, 11) is 0. The van der Waals surface area contributed by atoms with Crippen molar-refractivity contribution < 1.29 is 4.79 Å². The molecular weight excluding hydrogens is 266 g/mol. The average molecular weight is 297 g/mol. The van der Waals surface area contributed by atoms with E-state index in [1.54, 1.807) is 0 Å². The topological polar surface area (TPSA) is 82.8 Å². The second-order valence-corrected chi connectivity index (χ2v) is 6.58. The van der Waals surface area contributed by atoms with Crippen LogP contribution in [0, 0.1) is 5.41 Å². The number of aliphatic imine (C=N–C) groups is 1. The zero-order valence-corrected chi connectivity index (χ0v) is 13.9. The van der Waals surface area contributed by atoms with Gasteiger partial charge < -0.3 is 16.4 Å². The van der Waals surface area contributed by atoms with E-state index < -0.39 is 0 Å². The van der Waals surface area contributed by atoms with Crippen LogP contribution in [0.1, 0.15) is 40.5 Å². The number of guanidine groups is 1. The molecule has 6 nitrogen and oxygen atoms in total. The van der Waals surface area contributed by atoms with E-state index in [4.69, 9.17) is 5.73 Å². The molecule has 0 aromatic heterocycles. The van der Waals surface area contributed by atoms with Crippen molar-refractivity contribution >= 4 is 11.9 Å². The first-order valence-corrected chi connectivity index (χ1v) is 7.90. The van der Waals surface area contributed by atoms with Crippen LogP contribution < -0.4 is 16.4 Å². The first kappa shape index (κ1) is 17.8. The normalized spacial score (nSPS) is 20.6. The molecular formula is C15H31N5O. The molecule has 0 aromatic carbocycles. The van der Waals surface area contributed by atoms with Crippen molar-refractivity contribution in [2.45, 2.75) is 46.6 Å². The van der Waals surface area contributed by atoms with Crippen molar-refractivity contribution in [3.8, 4) is 0 Å². The van der Waals surface area contributed by atoms with Gasteiger partial charge in [0.1, 0.15) is 0 Å². The van der Waals surface area contributed by atoms with Gasteiger partial charge in [-0.15, -0.1) is 0 Å². The number of likely N-dealkylation sites (N-methyl/N-ethyl adjacent to an activating group) is 1. The number of carbonyl (C=O) groups is 1. The van der Waals surface area contributed by atoms with E-state index in [1.165, 1.54) is 19.4 Å². The molecule has 0 aliphatic carbocycles. The molecule has 122 valence electrons. The summed E-state index contributed by atoms with van der Waals surface area (Å²) >= 11 is 0. The standard InChI is InChI=1S/C15H31N5O/c1-5-20-10-6-7-12(20)11-19-14(16)18-9-8-17-13(21)15(2,3)4/h12H,5-11H2,1-4H3,(H,17,21)(H3,16,18,19). The summed E-state index contributed by atoms with van der Waals surface area (Å²) in [5.74, 6) is 0.507. The van der Waals surface area contributed by atoms with Crippen molar-refractivity contribution in [3.63, 3.8) is 0 Å². The quantitative estimate of drug-likeness (QED) is 0.379. The lowest BCUT2D eigenvalue weighted by Crippen LogP contribution is -2.42. The van der Waals surface area contributed by atoms with E-state index in [0.29, 0.717) is 25.1 Å². The van der Waals surface area contributed by atoms with Crippen LogP contribution in [0.2, 0.25) is 0 Å². The fourth-order valence-corrected chi connectivity index (χ4v) is 2.41. The van der Waals surface area contributed by atoms with Gasteiger partial charge in [-0.2, -0.15) is 0 Å². The van der Waals surface area contributed by atoms with Crippen molar-refractivity contribution in [1.82, 2.24) is 15.5 Å². The Morgan fingerprint density at radius 1 is 1.33 bits per heavy atom. The molecule has 1 amide bonds. The molecule has 1 unspecified atom stereocenters. The molecule has 21 heavy (non-hydrogen) atoms. The number of nitrogens with zero attached hydrogens (tertiary/aromatic N) is 2. The lowest BCUT2D eigenvalue weighted by Gasteiger charge is -2.21. The molecule has 4 N–H and O–H groups in total. The molecule has 1 heterocycles. The van der Waals surface area contributed by atoms with E-state index in [9.17, 15) is 4.79 Å². The molecule has 1 saturated heterocycles. The monoisotopic (exact) mass is 297 g/mol. The van der Waals surface area contributed by atoms with Crippen LogP contribution in [0.15, 0.2) is 4.99 Å². The highest BCUT2D eigenvalue weighted by atomic mass is 16.2. The summed E-state index contributed by atoms with van der Waals surface area (Å²) in [6, 6.07) is 0.524. The Kier molecular flexibility index (Phi) is 6.95. The van der Waals surface area contributed by atoms with Crippen molar-refractivity contribution in [2.24, 2.45) is 16.1 Å². The Morgan fingerprint density at radius 3 is 2.62 bits per heavy atom. The van der Waals surface area contributed by atoms with Crippen molar-refractivity contribution in [3.05, 3.63) is 0 Å². The Balaban J connectivity index is 2.20. The van der Waals surface area contributed by atoms with E-state index in [1.807, 2.05) is 20.8 Å². The van der Waals surface area contributed by atoms with Gasteiger partial charge in [0.2, 0.25) is 5.91 Å². The molecule has 0 spiro atoms. The minimum atomic E-state index is -0.355. The number of rotatable bonds is 6. The van der Waals surface area contributed by atoms with Gasteiger partial charge in [-0.3, -0.25) is 14.7 Å². The van der Waals surface area contributed by atoms with Gasteiger partial charge in [-0.25, -0.2) is 0 Å². The van der Waals surface area contributed by atoms with Gasteiger partial charge >= 0.3 is 0 Å². The zero-order chi connectivity index (χ0) is 15.9. The molecule has 0 aromatic rings. The lowest BCUT2D eigenvalue weighted by atomic mass is 9.96. The molecule has 6 heteroatoms. The molecule has 1 aliphatic rings. The predicted octanol–water partition coefficient (Wildman–Crippen LogP) is 0.537. The number of amides is 1. The predicted molar refractivity (Wildman–Crippen MR) is 87.2 cm³/mol. The summed E-state index contributed by atoms with van der Waals surface area (Å²) in [4.78, 5) is 18.5. The molecule has 1 atom stereocenters. The number of nitrogens with one attached hydrogen (secondary N) is 2. The Hall–Kier alpha value is -1.30. The van der Waals surface area contributed by atoms with Crippen molar-refractivity contribution in [2.75, 3.05) is 32.7 Å². The van der Waals surface area contributed by atoms with Crippen LogP contribution in [0.25, 0.3) is 0 Å². The first-order valence-electron chi connectivity index (χ1n) is 7.90. The van der Waals surface area contributed by atoms with Crippen LogP contribution in [0.5, 0.6) is 0 Å². The van der Waals surface area contributed by atoms with Crippen LogP contribution in [0.4, 0.5) is 0 Å². The lowest BCUT2D eigenvalue weighted by molar-refractivity contribution is -0.128. The SMILES string of the molecule is CCN1CCCC1CN=C(N)NCCNC(=O)C(C)(C)C. The molecule has 0 radical (unpaired) electrons. The van der Waals surface area contributed by atoms with E-state index in [2.05, 4.69) is 27.4 Å². The van der Waals surface area contributed by atoms with Gasteiger partial charge in [0, 0.05) is 24.5 Å². The van der Waals surface area contributed by atoms with Crippen molar-refractivity contribution in [1.29, 1.82) is 0 Å². The molecule has 1 aliphatic heterocycles. The highest BCUT2D eigenvalue weighted by Crippen LogP contribution is 2.16. The van der Waals surface area contributed by atoms with Gasteiger partial charge in [0.25, 0.3) is 0 Å². The van der Waals surface area contributed by atoms with Gasteiger partial charge in [0.05, 0.1) is 6.54 Å². The average Bonchev–Trinajstić information content (AvgIpc) is 2.87. The number of hydrogen-bond acceptors (Lipinski definition) is 3. The molecule has 0 bridgehead atoms. The molecule has 1 rings (SSSR count).